The molecule has 134 valence electrons. The molecular formula is C16H22N6O2S. The fraction of sp³-hybridized carbons (Fsp3) is 0.688. The summed E-state index contributed by atoms with van der Waals surface area (Å²) in [7, 11) is 0. The van der Waals surface area contributed by atoms with Crippen LogP contribution in [0, 0.1) is 0 Å². The first-order valence-corrected chi connectivity index (χ1v) is 9.44. The van der Waals surface area contributed by atoms with Crippen LogP contribution in [0.15, 0.2) is 4.52 Å². The van der Waals surface area contributed by atoms with E-state index in [1.165, 1.54) is 11.5 Å². The maximum Gasteiger partial charge on any atom is 0.292 e. The minimum atomic E-state index is -0.256. The minimum absolute atomic E-state index is 0.0456. The normalized spacial score (nSPS) is 20.9. The number of hydrogen-bond acceptors (Lipinski definition) is 8. The largest absolute Gasteiger partial charge is 0.346 e. The number of nitrogens with zero attached hydrogens (tertiary/aromatic N) is 5. The van der Waals surface area contributed by atoms with Crippen LogP contribution in [0.1, 0.15) is 74.8 Å². The van der Waals surface area contributed by atoms with Crippen LogP contribution in [0.4, 0.5) is 5.13 Å². The third-order valence-corrected chi connectivity index (χ3v) is 5.18. The van der Waals surface area contributed by atoms with Gasteiger partial charge in [-0.1, -0.05) is 25.9 Å². The van der Waals surface area contributed by atoms with Gasteiger partial charge < -0.3 is 14.7 Å². The molecule has 8 nitrogen and oxygen atoms in total. The highest BCUT2D eigenvalue weighted by molar-refractivity contribution is 7.09. The van der Waals surface area contributed by atoms with Crippen LogP contribution in [0.3, 0.4) is 0 Å². The topological polar surface area (TPSA) is 97.0 Å². The second kappa shape index (κ2) is 6.05. The lowest BCUT2D eigenvalue weighted by Crippen LogP contribution is -2.27. The van der Waals surface area contributed by atoms with Crippen molar-refractivity contribution in [3.63, 3.8) is 0 Å². The molecule has 0 spiro atoms. The highest BCUT2D eigenvalue weighted by Gasteiger charge is 2.35. The molecule has 0 aromatic carbocycles. The van der Waals surface area contributed by atoms with Gasteiger partial charge in [-0.2, -0.15) is 9.36 Å². The lowest BCUT2D eigenvalue weighted by atomic mass is 9.96. The summed E-state index contributed by atoms with van der Waals surface area (Å²) in [5, 5.41) is 7.61. The summed E-state index contributed by atoms with van der Waals surface area (Å²) in [6.45, 7) is 7.17. The van der Waals surface area contributed by atoms with Crippen molar-refractivity contribution in [2.45, 2.75) is 64.0 Å². The van der Waals surface area contributed by atoms with E-state index in [2.05, 4.69) is 45.5 Å². The van der Waals surface area contributed by atoms with Crippen molar-refractivity contribution in [2.24, 2.45) is 0 Å². The molecule has 1 N–H and O–H groups in total. The van der Waals surface area contributed by atoms with Crippen molar-refractivity contribution in [2.75, 3.05) is 11.4 Å². The highest BCUT2D eigenvalue weighted by atomic mass is 32.1. The SMILES string of the molecule is CC(C)(C)c1nsc(N2CCC[C@H]2c2nc(C(=O)NC3CC3)no2)n1. The van der Waals surface area contributed by atoms with Gasteiger partial charge in [0.25, 0.3) is 11.7 Å². The van der Waals surface area contributed by atoms with Gasteiger partial charge in [-0.05, 0) is 25.7 Å². The first kappa shape index (κ1) is 16.4. The van der Waals surface area contributed by atoms with E-state index in [0.29, 0.717) is 5.89 Å². The Balaban J connectivity index is 1.52. The quantitative estimate of drug-likeness (QED) is 0.892. The average molecular weight is 362 g/mol. The Kier molecular flexibility index (Phi) is 3.98. The fourth-order valence-electron chi connectivity index (χ4n) is 2.83. The molecule has 2 aliphatic rings. The van der Waals surface area contributed by atoms with E-state index in [1.54, 1.807) is 0 Å². The van der Waals surface area contributed by atoms with E-state index in [4.69, 9.17) is 9.51 Å². The predicted octanol–water partition coefficient (Wildman–Crippen LogP) is 2.45. The zero-order valence-corrected chi connectivity index (χ0v) is 15.5. The third kappa shape index (κ3) is 3.37. The van der Waals surface area contributed by atoms with Crippen molar-refractivity contribution >= 4 is 22.6 Å². The van der Waals surface area contributed by atoms with Crippen LogP contribution >= 0.6 is 11.5 Å². The number of hydrogen-bond donors (Lipinski definition) is 1. The van der Waals surface area contributed by atoms with Gasteiger partial charge in [0, 0.05) is 29.5 Å². The van der Waals surface area contributed by atoms with Gasteiger partial charge in [0.1, 0.15) is 11.9 Å². The zero-order valence-electron chi connectivity index (χ0n) is 14.7. The van der Waals surface area contributed by atoms with Gasteiger partial charge in [0.05, 0.1) is 0 Å². The number of nitrogens with one attached hydrogen (secondary N) is 1. The minimum Gasteiger partial charge on any atom is -0.346 e. The van der Waals surface area contributed by atoms with Crippen LogP contribution in [0.5, 0.6) is 0 Å². The number of anilines is 1. The predicted molar refractivity (Wildman–Crippen MR) is 92.7 cm³/mol. The summed E-state index contributed by atoms with van der Waals surface area (Å²) < 4.78 is 9.88. The number of amides is 1. The van der Waals surface area contributed by atoms with Crippen molar-refractivity contribution in [1.82, 2.24) is 24.8 Å². The first-order valence-electron chi connectivity index (χ1n) is 8.67. The molecule has 1 atom stereocenters. The molecule has 25 heavy (non-hydrogen) atoms. The zero-order chi connectivity index (χ0) is 17.6. The van der Waals surface area contributed by atoms with Gasteiger partial charge in [0.2, 0.25) is 11.0 Å². The standard InChI is InChI=1S/C16H22N6O2S/c1-16(2,3)14-19-15(25-21-14)22-8-4-5-10(22)13-18-11(20-24-13)12(23)17-9-6-7-9/h9-10H,4-8H2,1-3H3,(H,17,23)/t10-/m0/s1. The van der Waals surface area contributed by atoms with E-state index in [9.17, 15) is 4.79 Å². The first-order chi connectivity index (χ1) is 11.9. The van der Waals surface area contributed by atoms with Crippen LogP contribution in [-0.2, 0) is 5.41 Å². The lowest BCUT2D eigenvalue weighted by molar-refractivity contribution is 0.0937. The Morgan fingerprint density at radius 2 is 2.08 bits per heavy atom. The molecule has 1 aliphatic carbocycles. The molecule has 1 saturated carbocycles. The fourth-order valence-corrected chi connectivity index (χ4v) is 3.76. The maximum atomic E-state index is 12.1. The maximum absolute atomic E-state index is 12.1. The smallest absolute Gasteiger partial charge is 0.292 e. The van der Waals surface area contributed by atoms with Gasteiger partial charge in [-0.25, -0.2) is 4.98 Å². The summed E-state index contributed by atoms with van der Waals surface area (Å²) in [6, 6.07) is 0.227. The van der Waals surface area contributed by atoms with E-state index in [1.807, 2.05) is 0 Å². The average Bonchev–Trinajstić information content (AvgIpc) is 3.05. The molecule has 0 unspecified atom stereocenters. The van der Waals surface area contributed by atoms with E-state index in [0.717, 1.165) is 43.2 Å². The Morgan fingerprint density at radius 1 is 1.28 bits per heavy atom. The Labute approximate surface area is 150 Å². The Morgan fingerprint density at radius 3 is 2.76 bits per heavy atom. The number of aromatic nitrogens is 4. The molecule has 1 saturated heterocycles. The highest BCUT2D eigenvalue weighted by Crippen LogP contribution is 2.37. The second-order valence-electron chi connectivity index (χ2n) is 7.71. The van der Waals surface area contributed by atoms with Gasteiger partial charge in [0.15, 0.2) is 0 Å². The van der Waals surface area contributed by atoms with Crippen molar-refractivity contribution in [3.8, 4) is 0 Å². The number of rotatable bonds is 4. The van der Waals surface area contributed by atoms with E-state index in [-0.39, 0.29) is 29.2 Å². The molecule has 2 aromatic heterocycles. The van der Waals surface area contributed by atoms with Crippen LogP contribution in [0.25, 0.3) is 0 Å². The van der Waals surface area contributed by atoms with E-state index >= 15 is 0 Å². The van der Waals surface area contributed by atoms with Crippen LogP contribution < -0.4 is 10.2 Å². The molecule has 4 rings (SSSR count). The number of carbonyl (C=O) groups excluding carboxylic acids is 1. The third-order valence-electron chi connectivity index (χ3n) is 4.43. The molecule has 1 amide bonds. The molecule has 9 heteroatoms. The number of carbonyl (C=O) groups is 1. The Bertz CT molecular complexity index is 776. The summed E-state index contributed by atoms with van der Waals surface area (Å²) in [5.74, 6) is 1.17. The molecule has 2 fully saturated rings. The summed E-state index contributed by atoms with van der Waals surface area (Å²) in [6.07, 6.45) is 3.97. The van der Waals surface area contributed by atoms with E-state index < -0.39 is 0 Å². The van der Waals surface area contributed by atoms with Crippen molar-refractivity contribution in [1.29, 1.82) is 0 Å². The molecule has 3 heterocycles. The molecular weight excluding hydrogens is 340 g/mol. The van der Waals surface area contributed by atoms with Crippen molar-refractivity contribution < 1.29 is 9.32 Å². The monoisotopic (exact) mass is 362 g/mol. The van der Waals surface area contributed by atoms with Crippen LogP contribution in [0.2, 0.25) is 0 Å². The summed E-state index contributed by atoms with van der Waals surface area (Å²) in [4.78, 5) is 23.2. The summed E-state index contributed by atoms with van der Waals surface area (Å²) >= 11 is 1.40. The second-order valence-corrected chi connectivity index (χ2v) is 8.44. The van der Waals surface area contributed by atoms with Crippen LogP contribution in [-0.4, -0.2) is 38.0 Å². The lowest BCUT2D eigenvalue weighted by Gasteiger charge is -2.20. The molecule has 2 aromatic rings. The molecule has 0 bridgehead atoms. The van der Waals surface area contributed by atoms with Gasteiger partial charge in [-0.15, -0.1) is 0 Å². The molecule has 0 radical (unpaired) electrons. The van der Waals surface area contributed by atoms with Gasteiger partial charge in [-0.3, -0.25) is 4.79 Å². The van der Waals surface area contributed by atoms with Gasteiger partial charge >= 0.3 is 0 Å². The van der Waals surface area contributed by atoms with Crippen molar-refractivity contribution in [3.05, 3.63) is 17.5 Å². The summed E-state index contributed by atoms with van der Waals surface area (Å²) in [5.41, 5.74) is -0.0808. The Hall–Kier alpha value is -2.03. The molecule has 1 aliphatic heterocycles.